The van der Waals surface area contributed by atoms with E-state index in [1.165, 1.54) is 12.3 Å². The Hall–Kier alpha value is -1.69. The fraction of sp³-hybridized carbons (Fsp3) is 0.333. The quantitative estimate of drug-likeness (QED) is 0.238. The minimum atomic E-state index is -0.307. The van der Waals surface area contributed by atoms with Gasteiger partial charge in [-0.1, -0.05) is 5.16 Å². The first-order valence-electron chi connectivity index (χ1n) is 4.62. The number of hydrogen-bond donors (Lipinski definition) is 3. The van der Waals surface area contributed by atoms with E-state index in [0.717, 1.165) is 0 Å². The zero-order valence-electron chi connectivity index (χ0n) is 8.44. The number of nitrogens with zero attached hydrogens (tertiary/aromatic N) is 1. The normalized spacial score (nSPS) is 11.4. The third-order valence-electron chi connectivity index (χ3n) is 1.89. The van der Waals surface area contributed by atoms with Crippen LogP contribution in [-0.4, -0.2) is 23.5 Å². The smallest absolute Gasteiger partial charge is 0.256 e. The molecule has 1 amide bonds. The summed E-state index contributed by atoms with van der Waals surface area (Å²) in [6, 6.07) is 1.49. The molecule has 0 radical (unpaired) electrons. The van der Waals surface area contributed by atoms with Crippen molar-refractivity contribution < 1.29 is 14.4 Å². The number of amides is 1. The van der Waals surface area contributed by atoms with Crippen LogP contribution in [0.5, 0.6) is 0 Å². The average Bonchev–Trinajstić information content (AvgIpc) is 2.70. The van der Waals surface area contributed by atoms with Gasteiger partial charge in [-0.15, -0.1) is 0 Å². The number of nitrogens with two attached hydrogens (primary N) is 1. The van der Waals surface area contributed by atoms with E-state index in [-0.39, 0.29) is 17.0 Å². The lowest BCUT2D eigenvalue weighted by molar-refractivity contribution is 0.0953. The molecule has 0 bridgehead atoms. The van der Waals surface area contributed by atoms with E-state index >= 15 is 0 Å². The Morgan fingerprint density at radius 2 is 2.44 bits per heavy atom. The highest BCUT2D eigenvalue weighted by Crippen LogP contribution is 2.15. The van der Waals surface area contributed by atoms with Crippen LogP contribution in [0.4, 0.5) is 0 Å². The summed E-state index contributed by atoms with van der Waals surface area (Å²) in [4.78, 5) is 11.5. The molecule has 0 aliphatic carbocycles. The van der Waals surface area contributed by atoms with Gasteiger partial charge in [-0.25, -0.2) is 0 Å². The molecule has 1 heterocycles. The van der Waals surface area contributed by atoms with E-state index in [2.05, 4.69) is 10.5 Å². The van der Waals surface area contributed by atoms with E-state index in [0.29, 0.717) is 24.9 Å². The summed E-state index contributed by atoms with van der Waals surface area (Å²) in [5.74, 6) is -0.172. The van der Waals surface area contributed by atoms with Crippen LogP contribution in [0, 0.1) is 0 Å². The number of carbonyl (C=O) groups excluding carboxylic acids is 1. The van der Waals surface area contributed by atoms with Crippen LogP contribution >= 0.6 is 11.6 Å². The second kappa shape index (κ2) is 6.02. The maximum atomic E-state index is 11.5. The summed E-state index contributed by atoms with van der Waals surface area (Å²) in [5.41, 5.74) is 5.56. The largest absolute Gasteiger partial charge is 0.452 e. The summed E-state index contributed by atoms with van der Waals surface area (Å²) in [6.07, 6.45) is 2.33. The van der Waals surface area contributed by atoms with Crippen LogP contribution in [0.3, 0.4) is 0 Å². The molecule has 1 rings (SSSR count). The second-order valence-corrected chi connectivity index (χ2v) is 3.40. The van der Waals surface area contributed by atoms with Gasteiger partial charge >= 0.3 is 0 Å². The molecule has 0 fully saturated rings. The predicted octanol–water partition coefficient (Wildman–Crippen LogP) is 1.19. The molecule has 0 saturated heterocycles. The standard InChI is InChI=1S/C9H12ClN3O3/c10-8-6(3-5-16-8)9(14)12-4-1-2-7(11)13-15/h3,5,15H,1-2,4H2,(H2,11,13)(H,12,14). The molecule has 16 heavy (non-hydrogen) atoms. The summed E-state index contributed by atoms with van der Waals surface area (Å²) in [7, 11) is 0. The van der Waals surface area contributed by atoms with Gasteiger partial charge in [-0.3, -0.25) is 4.79 Å². The Labute approximate surface area is 97.0 Å². The van der Waals surface area contributed by atoms with Crippen molar-refractivity contribution in [2.45, 2.75) is 12.8 Å². The number of halogens is 1. The Balaban J connectivity index is 2.29. The zero-order valence-corrected chi connectivity index (χ0v) is 9.20. The Kier molecular flexibility index (Phi) is 4.65. The fourth-order valence-corrected chi connectivity index (χ4v) is 1.27. The minimum absolute atomic E-state index is 0.0638. The fourth-order valence-electron chi connectivity index (χ4n) is 1.07. The Morgan fingerprint density at radius 1 is 1.69 bits per heavy atom. The highest BCUT2D eigenvalue weighted by molar-refractivity contribution is 6.32. The van der Waals surface area contributed by atoms with Crippen molar-refractivity contribution in [2.75, 3.05) is 6.54 Å². The first kappa shape index (κ1) is 12.4. The molecule has 88 valence electrons. The van der Waals surface area contributed by atoms with Crippen LogP contribution in [0.2, 0.25) is 5.22 Å². The lowest BCUT2D eigenvalue weighted by atomic mass is 10.2. The van der Waals surface area contributed by atoms with E-state index in [1.54, 1.807) is 0 Å². The molecule has 0 atom stereocenters. The first-order chi connectivity index (χ1) is 7.65. The monoisotopic (exact) mass is 245 g/mol. The van der Waals surface area contributed by atoms with E-state index in [4.69, 9.17) is 27.0 Å². The van der Waals surface area contributed by atoms with Gasteiger partial charge in [0.2, 0.25) is 5.22 Å². The molecule has 0 spiro atoms. The van der Waals surface area contributed by atoms with Crippen LogP contribution in [0.1, 0.15) is 23.2 Å². The molecule has 0 saturated carbocycles. The average molecular weight is 246 g/mol. The van der Waals surface area contributed by atoms with Crippen LogP contribution in [0.15, 0.2) is 21.9 Å². The highest BCUT2D eigenvalue weighted by atomic mass is 35.5. The number of furan rings is 1. The van der Waals surface area contributed by atoms with Gasteiger partial charge < -0.3 is 20.7 Å². The van der Waals surface area contributed by atoms with Crippen molar-refractivity contribution in [2.24, 2.45) is 10.9 Å². The van der Waals surface area contributed by atoms with E-state index < -0.39 is 0 Å². The molecule has 7 heteroatoms. The molecule has 0 unspecified atom stereocenters. The molecule has 0 aliphatic rings. The van der Waals surface area contributed by atoms with Gasteiger partial charge in [0.1, 0.15) is 5.84 Å². The summed E-state index contributed by atoms with van der Waals surface area (Å²) in [5, 5.41) is 13.8. The number of nitrogens with one attached hydrogen (secondary N) is 1. The van der Waals surface area contributed by atoms with Crippen molar-refractivity contribution in [3.8, 4) is 0 Å². The Morgan fingerprint density at radius 3 is 3.00 bits per heavy atom. The van der Waals surface area contributed by atoms with Gasteiger partial charge in [0.15, 0.2) is 0 Å². The lowest BCUT2D eigenvalue weighted by Gasteiger charge is -2.02. The lowest BCUT2D eigenvalue weighted by Crippen LogP contribution is -2.25. The summed E-state index contributed by atoms with van der Waals surface area (Å²) < 4.78 is 4.78. The SMILES string of the molecule is N/C(CCCNC(=O)c1ccoc1Cl)=N/O. The zero-order chi connectivity index (χ0) is 12.0. The molecule has 1 aromatic rings. The predicted molar refractivity (Wildman–Crippen MR) is 58.7 cm³/mol. The third-order valence-corrected chi connectivity index (χ3v) is 2.18. The van der Waals surface area contributed by atoms with Gasteiger partial charge in [0.05, 0.1) is 11.8 Å². The van der Waals surface area contributed by atoms with E-state index in [1.807, 2.05) is 0 Å². The first-order valence-corrected chi connectivity index (χ1v) is 5.00. The molecule has 6 nitrogen and oxygen atoms in total. The van der Waals surface area contributed by atoms with Crippen molar-refractivity contribution in [3.05, 3.63) is 23.1 Å². The molecule has 1 aromatic heterocycles. The van der Waals surface area contributed by atoms with Crippen molar-refractivity contribution in [1.82, 2.24) is 5.32 Å². The topological polar surface area (TPSA) is 101 Å². The number of hydrogen-bond acceptors (Lipinski definition) is 4. The van der Waals surface area contributed by atoms with E-state index in [9.17, 15) is 4.79 Å². The van der Waals surface area contributed by atoms with Crippen LogP contribution < -0.4 is 11.1 Å². The van der Waals surface area contributed by atoms with Gasteiger partial charge in [0.25, 0.3) is 5.91 Å². The molecular weight excluding hydrogens is 234 g/mol. The number of amidine groups is 1. The number of carbonyl (C=O) groups is 1. The van der Waals surface area contributed by atoms with Crippen molar-refractivity contribution in [1.29, 1.82) is 0 Å². The summed E-state index contributed by atoms with van der Waals surface area (Å²) >= 11 is 5.62. The maximum absolute atomic E-state index is 11.5. The van der Waals surface area contributed by atoms with Gasteiger partial charge in [-0.2, -0.15) is 0 Å². The minimum Gasteiger partial charge on any atom is -0.452 e. The third kappa shape index (κ3) is 3.47. The van der Waals surface area contributed by atoms with Crippen molar-refractivity contribution >= 4 is 23.3 Å². The Bertz CT molecular complexity index is 389. The van der Waals surface area contributed by atoms with Gasteiger partial charge in [-0.05, 0) is 24.1 Å². The van der Waals surface area contributed by atoms with Gasteiger partial charge in [0, 0.05) is 13.0 Å². The van der Waals surface area contributed by atoms with Crippen LogP contribution in [-0.2, 0) is 0 Å². The van der Waals surface area contributed by atoms with Crippen molar-refractivity contribution in [3.63, 3.8) is 0 Å². The molecular formula is C9H12ClN3O3. The highest BCUT2D eigenvalue weighted by Gasteiger charge is 2.11. The maximum Gasteiger partial charge on any atom is 0.256 e. The van der Waals surface area contributed by atoms with Crippen LogP contribution in [0.25, 0.3) is 0 Å². The number of oxime groups is 1. The second-order valence-electron chi connectivity index (χ2n) is 3.06. The molecule has 0 aliphatic heterocycles. The number of rotatable bonds is 5. The molecule has 0 aromatic carbocycles. The summed E-state index contributed by atoms with van der Waals surface area (Å²) in [6.45, 7) is 0.413. The molecule has 4 N–H and O–H groups in total.